The molecule has 0 saturated carbocycles. The normalized spacial score (nSPS) is 11.7. The van der Waals surface area contributed by atoms with Crippen LogP contribution in [0.5, 0.6) is 0 Å². The molecule has 2 rings (SSSR count). The second-order valence-corrected chi connectivity index (χ2v) is 7.46. The van der Waals surface area contributed by atoms with Gasteiger partial charge in [-0.05, 0) is 43.3 Å². The molecule has 0 radical (unpaired) electrons. The number of aromatic nitrogens is 2. The molecular formula is C13H16FN3O2S2. The highest BCUT2D eigenvalue weighted by Crippen LogP contribution is 2.22. The molecule has 0 unspecified atom stereocenters. The second-order valence-electron chi connectivity index (χ2n) is 4.33. The van der Waals surface area contributed by atoms with Crippen molar-refractivity contribution >= 4 is 21.8 Å². The quantitative estimate of drug-likeness (QED) is 0.603. The molecule has 0 aliphatic heterocycles. The zero-order valence-electron chi connectivity index (χ0n) is 11.5. The van der Waals surface area contributed by atoms with E-state index in [1.54, 1.807) is 18.3 Å². The van der Waals surface area contributed by atoms with E-state index < -0.39 is 10.0 Å². The number of hydrogen-bond acceptors (Lipinski definition) is 4. The number of hydrogen-bond donors (Lipinski definition) is 2. The minimum absolute atomic E-state index is 0.0992. The molecule has 2 N–H and O–H groups in total. The molecule has 0 atom stereocenters. The van der Waals surface area contributed by atoms with E-state index in [9.17, 15) is 12.8 Å². The smallest absolute Gasteiger partial charge is 0.211 e. The number of benzene rings is 1. The summed E-state index contributed by atoms with van der Waals surface area (Å²) in [5.41, 5.74) is 1.66. The lowest BCUT2D eigenvalue weighted by molar-refractivity contribution is 0.587. The summed E-state index contributed by atoms with van der Waals surface area (Å²) in [4.78, 5) is 7.34. The highest BCUT2D eigenvalue weighted by Gasteiger charge is 2.08. The number of halogens is 1. The predicted octanol–water partition coefficient (Wildman–Crippen LogP) is 2.25. The maximum absolute atomic E-state index is 12.9. The van der Waals surface area contributed by atoms with Crippen molar-refractivity contribution in [2.75, 3.05) is 18.6 Å². The van der Waals surface area contributed by atoms with Crippen molar-refractivity contribution in [1.29, 1.82) is 0 Å². The summed E-state index contributed by atoms with van der Waals surface area (Å²) in [6, 6.07) is 6.14. The van der Waals surface area contributed by atoms with E-state index in [-0.39, 0.29) is 11.6 Å². The SMILES string of the molecule is CNS(=O)(=O)CCCSc1ncc(-c2ccc(F)cc2)[nH]1. The van der Waals surface area contributed by atoms with Gasteiger partial charge in [0, 0.05) is 5.75 Å². The van der Waals surface area contributed by atoms with Gasteiger partial charge in [-0.3, -0.25) is 0 Å². The van der Waals surface area contributed by atoms with Crippen LogP contribution in [0.25, 0.3) is 11.3 Å². The van der Waals surface area contributed by atoms with E-state index in [1.165, 1.54) is 30.9 Å². The average Bonchev–Trinajstić information content (AvgIpc) is 2.93. The van der Waals surface area contributed by atoms with Gasteiger partial charge in [0.05, 0.1) is 17.6 Å². The molecule has 0 aliphatic carbocycles. The molecule has 114 valence electrons. The Morgan fingerprint density at radius 2 is 2.05 bits per heavy atom. The average molecular weight is 329 g/mol. The van der Waals surface area contributed by atoms with Crippen LogP contribution in [0.1, 0.15) is 6.42 Å². The van der Waals surface area contributed by atoms with E-state index in [0.29, 0.717) is 12.2 Å². The van der Waals surface area contributed by atoms with E-state index in [4.69, 9.17) is 0 Å². The van der Waals surface area contributed by atoms with E-state index in [0.717, 1.165) is 16.4 Å². The molecule has 1 heterocycles. The molecule has 0 bridgehead atoms. The summed E-state index contributed by atoms with van der Waals surface area (Å²) in [5.74, 6) is 0.470. The summed E-state index contributed by atoms with van der Waals surface area (Å²) < 4.78 is 37.6. The van der Waals surface area contributed by atoms with Crippen LogP contribution in [0.15, 0.2) is 35.6 Å². The fourth-order valence-electron chi connectivity index (χ4n) is 1.67. The van der Waals surface area contributed by atoms with Gasteiger partial charge in [-0.2, -0.15) is 0 Å². The zero-order valence-corrected chi connectivity index (χ0v) is 13.1. The number of imidazole rings is 1. The van der Waals surface area contributed by atoms with E-state index >= 15 is 0 Å². The Balaban J connectivity index is 1.87. The maximum Gasteiger partial charge on any atom is 0.211 e. The Morgan fingerprint density at radius 3 is 2.71 bits per heavy atom. The number of sulfonamides is 1. The van der Waals surface area contributed by atoms with Gasteiger partial charge in [-0.1, -0.05) is 11.8 Å². The molecule has 0 fully saturated rings. The van der Waals surface area contributed by atoms with Crippen LogP contribution < -0.4 is 4.72 Å². The summed E-state index contributed by atoms with van der Waals surface area (Å²) in [5, 5.41) is 0.719. The Morgan fingerprint density at radius 1 is 1.33 bits per heavy atom. The first kappa shape index (κ1) is 16.0. The first-order valence-corrected chi connectivity index (χ1v) is 8.99. The molecule has 5 nitrogen and oxygen atoms in total. The number of aromatic amines is 1. The first-order chi connectivity index (χ1) is 10.00. The molecule has 0 saturated heterocycles. The molecule has 1 aromatic heterocycles. The topological polar surface area (TPSA) is 74.8 Å². The van der Waals surface area contributed by atoms with Crippen molar-refractivity contribution in [2.24, 2.45) is 0 Å². The molecule has 21 heavy (non-hydrogen) atoms. The standard InChI is InChI=1S/C13H16FN3O2S2/c1-15-21(18,19)8-2-7-20-13-16-9-12(17-13)10-3-5-11(14)6-4-10/h3-6,9,15H,2,7-8H2,1H3,(H,16,17). The van der Waals surface area contributed by atoms with Crippen molar-refractivity contribution in [2.45, 2.75) is 11.6 Å². The van der Waals surface area contributed by atoms with Crippen LogP contribution in [0.2, 0.25) is 0 Å². The number of rotatable bonds is 7. The first-order valence-electron chi connectivity index (χ1n) is 6.35. The minimum atomic E-state index is -3.15. The lowest BCUT2D eigenvalue weighted by Gasteiger charge is -2.01. The fraction of sp³-hybridized carbons (Fsp3) is 0.308. The second kappa shape index (κ2) is 7.06. The predicted molar refractivity (Wildman–Crippen MR) is 82.2 cm³/mol. The third kappa shape index (κ3) is 4.83. The van der Waals surface area contributed by atoms with Crippen molar-refractivity contribution in [3.8, 4) is 11.3 Å². The molecule has 8 heteroatoms. The number of H-pyrrole nitrogens is 1. The summed E-state index contributed by atoms with van der Waals surface area (Å²) in [6.07, 6.45) is 2.22. The summed E-state index contributed by atoms with van der Waals surface area (Å²) in [7, 11) is -1.74. The number of thioether (sulfide) groups is 1. The fourth-order valence-corrected chi connectivity index (χ4v) is 3.37. The van der Waals surface area contributed by atoms with Crippen molar-refractivity contribution < 1.29 is 12.8 Å². The van der Waals surface area contributed by atoms with Crippen LogP contribution in [-0.2, 0) is 10.0 Å². The van der Waals surface area contributed by atoms with Crippen molar-refractivity contribution in [3.63, 3.8) is 0 Å². The maximum atomic E-state index is 12.9. The summed E-state index contributed by atoms with van der Waals surface area (Å²) >= 11 is 1.46. The van der Waals surface area contributed by atoms with Crippen LogP contribution in [-0.4, -0.2) is 36.9 Å². The molecule has 0 spiro atoms. The van der Waals surface area contributed by atoms with Gasteiger partial charge >= 0.3 is 0 Å². The van der Waals surface area contributed by atoms with Crippen LogP contribution >= 0.6 is 11.8 Å². The van der Waals surface area contributed by atoms with Gasteiger partial charge < -0.3 is 4.98 Å². The third-order valence-electron chi connectivity index (χ3n) is 2.81. The Labute approximate surface area is 127 Å². The highest BCUT2D eigenvalue weighted by molar-refractivity contribution is 7.99. The van der Waals surface area contributed by atoms with E-state index in [2.05, 4.69) is 14.7 Å². The van der Waals surface area contributed by atoms with Gasteiger partial charge in [-0.25, -0.2) is 22.5 Å². The van der Waals surface area contributed by atoms with Gasteiger partial charge in [0.25, 0.3) is 0 Å². The molecular weight excluding hydrogens is 313 g/mol. The van der Waals surface area contributed by atoms with Gasteiger partial charge in [0.2, 0.25) is 10.0 Å². The Hall–Kier alpha value is -1.38. The van der Waals surface area contributed by atoms with Crippen molar-refractivity contribution in [3.05, 3.63) is 36.3 Å². The largest absolute Gasteiger partial charge is 0.333 e. The minimum Gasteiger partial charge on any atom is -0.333 e. The molecule has 0 aliphatic rings. The van der Waals surface area contributed by atoms with Gasteiger partial charge in [0.1, 0.15) is 5.82 Å². The molecule has 2 aromatic rings. The third-order valence-corrected chi connectivity index (χ3v) is 5.24. The molecule has 0 amide bonds. The van der Waals surface area contributed by atoms with Crippen molar-refractivity contribution in [1.82, 2.24) is 14.7 Å². The molecule has 1 aromatic carbocycles. The Kier molecular flexibility index (Phi) is 5.38. The lowest BCUT2D eigenvalue weighted by atomic mass is 10.2. The van der Waals surface area contributed by atoms with Gasteiger partial charge in [0.15, 0.2) is 5.16 Å². The van der Waals surface area contributed by atoms with Gasteiger partial charge in [-0.15, -0.1) is 0 Å². The van der Waals surface area contributed by atoms with Crippen LogP contribution in [0.3, 0.4) is 0 Å². The Bertz CT molecular complexity index is 684. The van der Waals surface area contributed by atoms with E-state index in [1.807, 2.05) is 0 Å². The lowest BCUT2D eigenvalue weighted by Crippen LogP contribution is -2.22. The summed E-state index contributed by atoms with van der Waals surface area (Å²) in [6.45, 7) is 0. The zero-order chi connectivity index (χ0) is 15.3. The number of nitrogens with one attached hydrogen (secondary N) is 2. The van der Waals surface area contributed by atoms with Crippen LogP contribution in [0, 0.1) is 5.82 Å². The monoisotopic (exact) mass is 329 g/mol. The number of nitrogens with zero attached hydrogens (tertiary/aromatic N) is 1. The van der Waals surface area contributed by atoms with Crippen LogP contribution in [0.4, 0.5) is 4.39 Å². The highest BCUT2D eigenvalue weighted by atomic mass is 32.2.